The summed E-state index contributed by atoms with van der Waals surface area (Å²) in [5, 5.41) is 0. The van der Waals surface area contributed by atoms with Crippen LogP contribution in [0.25, 0.3) is 0 Å². The topological polar surface area (TPSA) is 46.3 Å². The van der Waals surface area contributed by atoms with Crippen LogP contribution in [-0.2, 0) is 16.8 Å². The highest BCUT2D eigenvalue weighted by Crippen LogP contribution is 2.34. The van der Waals surface area contributed by atoms with Gasteiger partial charge in [0.1, 0.15) is 0 Å². The van der Waals surface area contributed by atoms with Crippen molar-refractivity contribution in [3.8, 4) is 0 Å². The van der Waals surface area contributed by atoms with E-state index in [2.05, 4.69) is 12.1 Å². The van der Waals surface area contributed by atoms with E-state index < -0.39 is 0 Å². The molecule has 1 amide bonds. The first-order chi connectivity index (χ1) is 8.95. The molecule has 0 aliphatic carbocycles. The molecule has 1 aliphatic heterocycles. The summed E-state index contributed by atoms with van der Waals surface area (Å²) in [5.74, 6) is 0.232. The van der Waals surface area contributed by atoms with Crippen LogP contribution in [-0.4, -0.2) is 12.5 Å². The first-order valence-electron chi connectivity index (χ1n) is 7.16. The molecule has 2 rings (SSSR count). The van der Waals surface area contributed by atoms with Crippen LogP contribution in [0.4, 0.5) is 5.69 Å². The fourth-order valence-electron chi connectivity index (χ4n) is 2.84. The van der Waals surface area contributed by atoms with Gasteiger partial charge in [-0.15, -0.1) is 0 Å². The molecular weight excluding hydrogens is 236 g/mol. The van der Waals surface area contributed by atoms with E-state index in [-0.39, 0.29) is 11.4 Å². The highest BCUT2D eigenvalue weighted by Gasteiger charge is 2.27. The van der Waals surface area contributed by atoms with Gasteiger partial charge in [-0.3, -0.25) is 4.79 Å². The van der Waals surface area contributed by atoms with Crippen molar-refractivity contribution in [2.45, 2.75) is 52.0 Å². The van der Waals surface area contributed by atoms with E-state index in [1.807, 2.05) is 31.7 Å². The quantitative estimate of drug-likeness (QED) is 0.908. The van der Waals surface area contributed by atoms with Gasteiger partial charge < -0.3 is 10.6 Å². The predicted octanol–water partition coefficient (Wildman–Crippen LogP) is 2.96. The molecule has 3 nitrogen and oxygen atoms in total. The van der Waals surface area contributed by atoms with Gasteiger partial charge in [0.25, 0.3) is 0 Å². The zero-order valence-electron chi connectivity index (χ0n) is 12.2. The third-order valence-electron chi connectivity index (χ3n) is 3.71. The molecule has 3 heteroatoms. The zero-order valence-corrected chi connectivity index (χ0v) is 12.2. The second-order valence-electron chi connectivity index (χ2n) is 5.92. The van der Waals surface area contributed by atoms with Crippen LogP contribution in [0.15, 0.2) is 18.2 Å². The average molecular weight is 260 g/mol. The minimum absolute atomic E-state index is 0.232. The molecule has 1 aliphatic rings. The summed E-state index contributed by atoms with van der Waals surface area (Å²) >= 11 is 0. The summed E-state index contributed by atoms with van der Waals surface area (Å²) in [4.78, 5) is 14.2. The first-order valence-corrected chi connectivity index (χ1v) is 7.16. The number of benzene rings is 1. The third kappa shape index (κ3) is 2.81. The Morgan fingerprint density at radius 1 is 1.42 bits per heavy atom. The first kappa shape index (κ1) is 14.1. The van der Waals surface area contributed by atoms with Gasteiger partial charge in [0, 0.05) is 24.2 Å². The van der Waals surface area contributed by atoms with Gasteiger partial charge in [-0.2, -0.15) is 0 Å². The van der Waals surface area contributed by atoms with Crippen molar-refractivity contribution in [2.24, 2.45) is 5.73 Å². The van der Waals surface area contributed by atoms with Crippen molar-refractivity contribution in [1.82, 2.24) is 0 Å². The number of carbonyl (C=O) groups excluding carboxylic acids is 1. The molecule has 0 bridgehead atoms. The minimum atomic E-state index is -0.359. The smallest absolute Gasteiger partial charge is 0.226 e. The average Bonchev–Trinajstić information content (AvgIpc) is 2.36. The van der Waals surface area contributed by atoms with E-state index in [1.165, 1.54) is 11.1 Å². The Bertz CT molecular complexity index is 474. The molecule has 0 aromatic heterocycles. The number of rotatable bonds is 3. The van der Waals surface area contributed by atoms with E-state index in [9.17, 15) is 4.79 Å². The summed E-state index contributed by atoms with van der Waals surface area (Å²) in [5.41, 5.74) is 9.39. The maximum atomic E-state index is 12.2. The molecule has 1 aromatic carbocycles. The molecule has 1 aromatic rings. The Morgan fingerprint density at radius 2 is 2.16 bits per heavy atom. The second-order valence-corrected chi connectivity index (χ2v) is 5.92. The standard InChI is InChI=1S/C16H24N2O/c1-4-7-15(19)18-11-6-8-12-13(16(2,3)17)9-5-10-14(12)18/h5,9-10H,4,6-8,11,17H2,1-3H3. The molecule has 0 spiro atoms. The SMILES string of the molecule is CCCC(=O)N1CCCc2c1cccc2C(C)(C)N. The van der Waals surface area contributed by atoms with Crippen molar-refractivity contribution in [1.29, 1.82) is 0 Å². The van der Waals surface area contributed by atoms with Crippen LogP contribution in [0.5, 0.6) is 0 Å². The van der Waals surface area contributed by atoms with E-state index in [4.69, 9.17) is 5.73 Å². The maximum absolute atomic E-state index is 12.2. The number of carbonyl (C=O) groups is 1. The highest BCUT2D eigenvalue weighted by molar-refractivity contribution is 5.94. The third-order valence-corrected chi connectivity index (χ3v) is 3.71. The number of hydrogen-bond acceptors (Lipinski definition) is 2. The van der Waals surface area contributed by atoms with E-state index in [0.29, 0.717) is 6.42 Å². The largest absolute Gasteiger partial charge is 0.322 e. The van der Waals surface area contributed by atoms with E-state index >= 15 is 0 Å². The Hall–Kier alpha value is -1.35. The van der Waals surface area contributed by atoms with Gasteiger partial charge in [-0.05, 0) is 50.3 Å². The molecule has 1 heterocycles. The lowest BCUT2D eigenvalue weighted by molar-refractivity contribution is -0.118. The van der Waals surface area contributed by atoms with Gasteiger partial charge in [0.05, 0.1) is 0 Å². The fraction of sp³-hybridized carbons (Fsp3) is 0.562. The van der Waals surface area contributed by atoms with Gasteiger partial charge in [-0.1, -0.05) is 19.1 Å². The summed E-state index contributed by atoms with van der Waals surface area (Å²) in [6, 6.07) is 6.16. The van der Waals surface area contributed by atoms with Crippen LogP contribution in [0, 0.1) is 0 Å². The van der Waals surface area contributed by atoms with Crippen LogP contribution in [0.3, 0.4) is 0 Å². The zero-order chi connectivity index (χ0) is 14.0. The molecule has 104 valence electrons. The normalized spacial score (nSPS) is 15.3. The monoisotopic (exact) mass is 260 g/mol. The molecule has 2 N–H and O–H groups in total. The molecule has 0 unspecified atom stereocenters. The number of nitrogens with zero attached hydrogens (tertiary/aromatic N) is 1. The Kier molecular flexibility index (Phi) is 3.95. The van der Waals surface area contributed by atoms with E-state index in [0.717, 1.165) is 31.5 Å². The number of fused-ring (bicyclic) bond motifs is 1. The van der Waals surface area contributed by atoms with Crippen molar-refractivity contribution in [3.63, 3.8) is 0 Å². The fourth-order valence-corrected chi connectivity index (χ4v) is 2.84. The molecular formula is C16H24N2O. The summed E-state index contributed by atoms with van der Waals surface area (Å²) < 4.78 is 0. The molecule has 0 saturated carbocycles. The Morgan fingerprint density at radius 3 is 2.79 bits per heavy atom. The number of hydrogen-bond donors (Lipinski definition) is 1. The van der Waals surface area contributed by atoms with Gasteiger partial charge in [0.2, 0.25) is 5.91 Å². The van der Waals surface area contributed by atoms with E-state index in [1.54, 1.807) is 0 Å². The maximum Gasteiger partial charge on any atom is 0.226 e. The van der Waals surface area contributed by atoms with Gasteiger partial charge >= 0.3 is 0 Å². The van der Waals surface area contributed by atoms with Crippen LogP contribution in [0.2, 0.25) is 0 Å². The highest BCUT2D eigenvalue weighted by atomic mass is 16.2. The molecule has 0 radical (unpaired) electrons. The number of anilines is 1. The summed E-state index contributed by atoms with van der Waals surface area (Å²) in [6.45, 7) is 6.92. The summed E-state index contributed by atoms with van der Waals surface area (Å²) in [6.07, 6.45) is 3.56. The van der Waals surface area contributed by atoms with Crippen molar-refractivity contribution < 1.29 is 4.79 Å². The molecule has 19 heavy (non-hydrogen) atoms. The lowest BCUT2D eigenvalue weighted by atomic mass is 9.86. The number of nitrogens with two attached hydrogens (primary N) is 1. The van der Waals surface area contributed by atoms with Crippen LogP contribution < -0.4 is 10.6 Å². The van der Waals surface area contributed by atoms with Crippen molar-refractivity contribution >= 4 is 11.6 Å². The predicted molar refractivity (Wildman–Crippen MR) is 79.2 cm³/mol. The minimum Gasteiger partial charge on any atom is -0.322 e. The van der Waals surface area contributed by atoms with Crippen molar-refractivity contribution in [3.05, 3.63) is 29.3 Å². The summed E-state index contributed by atoms with van der Waals surface area (Å²) in [7, 11) is 0. The van der Waals surface area contributed by atoms with Gasteiger partial charge in [-0.25, -0.2) is 0 Å². The van der Waals surface area contributed by atoms with Crippen LogP contribution in [0.1, 0.15) is 51.2 Å². The Labute approximate surface area is 115 Å². The Balaban J connectivity index is 2.43. The lowest BCUT2D eigenvalue weighted by Gasteiger charge is -2.33. The molecule has 0 saturated heterocycles. The number of amides is 1. The van der Waals surface area contributed by atoms with Crippen LogP contribution >= 0.6 is 0 Å². The lowest BCUT2D eigenvalue weighted by Crippen LogP contribution is -2.37. The molecule has 0 fully saturated rings. The molecule has 0 atom stereocenters. The van der Waals surface area contributed by atoms with Crippen molar-refractivity contribution in [2.75, 3.05) is 11.4 Å². The van der Waals surface area contributed by atoms with Gasteiger partial charge in [0.15, 0.2) is 0 Å². The second kappa shape index (κ2) is 5.33.